The van der Waals surface area contributed by atoms with Crippen LogP contribution in [0.15, 0.2) is 23.6 Å². The van der Waals surface area contributed by atoms with Crippen molar-refractivity contribution < 1.29 is 8.42 Å². The molecule has 0 amide bonds. The second-order valence-corrected chi connectivity index (χ2v) is 6.14. The molecule has 7 nitrogen and oxygen atoms in total. The normalized spacial score (nSPS) is 13.7. The lowest BCUT2D eigenvalue weighted by Crippen LogP contribution is -2.15. The van der Waals surface area contributed by atoms with E-state index in [1.54, 1.807) is 30.1 Å². The van der Waals surface area contributed by atoms with Gasteiger partial charge in [0, 0.05) is 29.6 Å². The van der Waals surface area contributed by atoms with Crippen LogP contribution in [0.2, 0.25) is 0 Å². The minimum atomic E-state index is -3.90. The van der Waals surface area contributed by atoms with Gasteiger partial charge in [-0.25, -0.2) is 8.42 Å². The van der Waals surface area contributed by atoms with Crippen LogP contribution in [-0.2, 0) is 15.6 Å². The summed E-state index contributed by atoms with van der Waals surface area (Å²) in [5.74, 6) is 0.500. The quantitative estimate of drug-likeness (QED) is 0.785. The minimum Gasteiger partial charge on any atom is -0.299 e. The molecule has 0 saturated carbocycles. The Labute approximate surface area is 109 Å². The van der Waals surface area contributed by atoms with Crippen LogP contribution < -0.4 is 0 Å². The molecule has 2 rings (SSSR count). The number of hydrogen-bond donors (Lipinski definition) is 0. The number of nitrogens with zero attached hydrogens (tertiary/aromatic N) is 5. The molecule has 2 aromatic rings. The van der Waals surface area contributed by atoms with Gasteiger partial charge >= 0.3 is 0 Å². The highest BCUT2D eigenvalue weighted by molar-refractivity contribution is 8.13. The second kappa shape index (κ2) is 4.69. The maximum atomic E-state index is 11.4. The zero-order chi connectivity index (χ0) is 13.3. The Morgan fingerprint density at radius 1 is 1.44 bits per heavy atom. The molecule has 0 radical (unpaired) electrons. The van der Waals surface area contributed by atoms with Gasteiger partial charge in [-0.15, -0.1) is 10.2 Å². The van der Waals surface area contributed by atoms with E-state index in [2.05, 4.69) is 15.3 Å². The summed E-state index contributed by atoms with van der Waals surface area (Å²) >= 11 is 0. The van der Waals surface area contributed by atoms with Crippen molar-refractivity contribution in [2.24, 2.45) is 0 Å². The van der Waals surface area contributed by atoms with Crippen molar-refractivity contribution in [1.82, 2.24) is 24.5 Å². The van der Waals surface area contributed by atoms with Gasteiger partial charge in [0.2, 0.25) is 0 Å². The van der Waals surface area contributed by atoms with E-state index in [1.165, 1.54) is 4.57 Å². The Morgan fingerprint density at radius 3 is 2.67 bits per heavy atom. The highest BCUT2D eigenvalue weighted by atomic mass is 35.7. The van der Waals surface area contributed by atoms with Crippen molar-refractivity contribution in [2.75, 3.05) is 0 Å². The van der Waals surface area contributed by atoms with Crippen LogP contribution in [0.1, 0.15) is 25.7 Å². The van der Waals surface area contributed by atoms with Gasteiger partial charge in [-0.2, -0.15) is 5.10 Å². The largest absolute Gasteiger partial charge is 0.299 e. The first-order valence-electron chi connectivity index (χ1n) is 5.32. The molecule has 0 aliphatic heterocycles. The lowest BCUT2D eigenvalue weighted by Gasteiger charge is -2.12. The van der Waals surface area contributed by atoms with E-state index in [1.807, 2.05) is 6.92 Å². The van der Waals surface area contributed by atoms with Crippen molar-refractivity contribution in [1.29, 1.82) is 0 Å². The van der Waals surface area contributed by atoms with Gasteiger partial charge in [0.15, 0.2) is 5.82 Å². The summed E-state index contributed by atoms with van der Waals surface area (Å²) in [5, 5.41) is 11.4. The summed E-state index contributed by atoms with van der Waals surface area (Å²) in [6.45, 7) is 4.07. The van der Waals surface area contributed by atoms with E-state index >= 15 is 0 Å². The van der Waals surface area contributed by atoms with Gasteiger partial charge in [-0.3, -0.25) is 9.25 Å². The zero-order valence-electron chi connectivity index (χ0n) is 9.86. The molecule has 0 spiro atoms. The third-order valence-corrected chi connectivity index (χ3v) is 3.73. The maximum Gasteiger partial charge on any atom is 0.296 e. The smallest absolute Gasteiger partial charge is 0.296 e. The summed E-state index contributed by atoms with van der Waals surface area (Å²) in [5.41, 5.74) is 0. The molecule has 2 heterocycles. The molecule has 0 saturated heterocycles. The number of aromatic nitrogens is 5. The third-order valence-electron chi connectivity index (χ3n) is 2.58. The van der Waals surface area contributed by atoms with Crippen LogP contribution in [0.3, 0.4) is 0 Å². The van der Waals surface area contributed by atoms with Crippen LogP contribution in [0.4, 0.5) is 0 Å². The Kier molecular flexibility index (Phi) is 3.40. The molecule has 2 aromatic heterocycles. The summed E-state index contributed by atoms with van der Waals surface area (Å²) in [6.07, 6.45) is 3.41. The molecule has 0 fully saturated rings. The van der Waals surface area contributed by atoms with E-state index in [9.17, 15) is 8.42 Å². The standard InChI is InChI=1S/C9H12ClN5O2S/c1-3-14-8(7(2)15-6-4-5-11-15)12-13-9(14)18(10,16)17/h4-7H,3H2,1-2H3. The summed E-state index contributed by atoms with van der Waals surface area (Å²) in [6, 6.07) is 1.56. The lowest BCUT2D eigenvalue weighted by molar-refractivity contribution is 0.495. The Hall–Kier alpha value is -1.41. The summed E-state index contributed by atoms with van der Waals surface area (Å²) < 4.78 is 25.8. The van der Waals surface area contributed by atoms with Gasteiger partial charge in [0.1, 0.15) is 6.04 Å². The molecule has 0 aliphatic carbocycles. The molecule has 0 bridgehead atoms. The highest BCUT2D eigenvalue weighted by Gasteiger charge is 2.25. The zero-order valence-corrected chi connectivity index (χ0v) is 11.4. The van der Waals surface area contributed by atoms with Crippen LogP contribution in [0.25, 0.3) is 0 Å². The van der Waals surface area contributed by atoms with Gasteiger partial charge in [-0.05, 0) is 19.9 Å². The van der Waals surface area contributed by atoms with Crippen LogP contribution >= 0.6 is 10.7 Å². The van der Waals surface area contributed by atoms with Crippen LogP contribution in [-0.4, -0.2) is 33.0 Å². The van der Waals surface area contributed by atoms with E-state index in [0.29, 0.717) is 12.4 Å². The van der Waals surface area contributed by atoms with E-state index in [-0.39, 0.29) is 11.2 Å². The maximum absolute atomic E-state index is 11.4. The van der Waals surface area contributed by atoms with Crippen molar-refractivity contribution in [3.8, 4) is 0 Å². The SMILES string of the molecule is CCn1c(C(C)n2cccn2)nnc1S(=O)(=O)Cl. The Bertz CT molecular complexity index is 634. The van der Waals surface area contributed by atoms with E-state index in [4.69, 9.17) is 10.7 Å². The predicted molar refractivity (Wildman–Crippen MR) is 64.8 cm³/mol. The molecule has 98 valence electrons. The third kappa shape index (κ3) is 2.25. The van der Waals surface area contributed by atoms with Crippen molar-refractivity contribution in [3.05, 3.63) is 24.3 Å². The van der Waals surface area contributed by atoms with E-state index < -0.39 is 9.05 Å². The average molecular weight is 290 g/mol. The van der Waals surface area contributed by atoms with Crippen molar-refractivity contribution >= 4 is 19.7 Å². The topological polar surface area (TPSA) is 82.7 Å². The molecular weight excluding hydrogens is 278 g/mol. The van der Waals surface area contributed by atoms with Gasteiger partial charge in [0.25, 0.3) is 14.2 Å². The molecule has 0 aliphatic rings. The second-order valence-electron chi connectivity index (χ2n) is 3.68. The van der Waals surface area contributed by atoms with E-state index in [0.717, 1.165) is 0 Å². The molecular formula is C9H12ClN5O2S. The minimum absolute atomic E-state index is 0.223. The van der Waals surface area contributed by atoms with Crippen LogP contribution in [0.5, 0.6) is 0 Å². The first kappa shape index (κ1) is 13.0. The molecule has 9 heteroatoms. The summed E-state index contributed by atoms with van der Waals surface area (Å²) in [4.78, 5) is 0. The number of rotatable bonds is 4. The Morgan fingerprint density at radius 2 is 2.17 bits per heavy atom. The average Bonchev–Trinajstić information content (AvgIpc) is 2.96. The fraction of sp³-hybridized carbons (Fsp3) is 0.444. The molecule has 0 N–H and O–H groups in total. The first-order valence-corrected chi connectivity index (χ1v) is 7.63. The highest BCUT2D eigenvalue weighted by Crippen LogP contribution is 2.20. The molecule has 18 heavy (non-hydrogen) atoms. The molecule has 1 atom stereocenters. The molecule has 1 unspecified atom stereocenters. The number of halogens is 1. The van der Waals surface area contributed by atoms with Crippen molar-refractivity contribution in [2.45, 2.75) is 31.6 Å². The lowest BCUT2D eigenvalue weighted by atomic mass is 10.3. The monoisotopic (exact) mass is 289 g/mol. The Balaban J connectivity index is 2.50. The van der Waals surface area contributed by atoms with Gasteiger partial charge in [0.05, 0.1) is 0 Å². The van der Waals surface area contributed by atoms with Gasteiger partial charge in [-0.1, -0.05) is 0 Å². The fourth-order valence-corrected chi connectivity index (χ4v) is 2.68. The number of hydrogen-bond acceptors (Lipinski definition) is 5. The molecule has 0 aromatic carbocycles. The van der Waals surface area contributed by atoms with Gasteiger partial charge < -0.3 is 0 Å². The first-order chi connectivity index (χ1) is 8.45. The fourth-order valence-electron chi connectivity index (χ4n) is 1.71. The summed E-state index contributed by atoms with van der Waals surface area (Å²) in [7, 11) is 1.42. The predicted octanol–water partition coefficient (Wildman–Crippen LogP) is 1.03. The van der Waals surface area contributed by atoms with Crippen molar-refractivity contribution in [3.63, 3.8) is 0 Å². The van der Waals surface area contributed by atoms with Crippen LogP contribution in [0, 0.1) is 0 Å².